The highest BCUT2D eigenvalue weighted by Crippen LogP contribution is 2.51. The molecule has 1 aliphatic carbocycles. The molecule has 2 aromatic carbocycles. The number of hydrogen-bond donors (Lipinski definition) is 1. The van der Waals surface area contributed by atoms with Gasteiger partial charge < -0.3 is 10.2 Å². The van der Waals surface area contributed by atoms with E-state index in [9.17, 15) is 0 Å². The molecule has 0 spiro atoms. The Morgan fingerprint density at radius 2 is 1.84 bits per heavy atom. The van der Waals surface area contributed by atoms with E-state index in [4.69, 9.17) is 0 Å². The number of rotatable bonds is 3. The van der Waals surface area contributed by atoms with Crippen molar-refractivity contribution < 1.29 is 4.58 Å². The molecule has 1 N–H and O–H groups in total. The molecule has 0 amide bonds. The number of hydrogen-bond acceptors (Lipinski definition) is 2. The van der Waals surface area contributed by atoms with Crippen LogP contribution in [0.4, 0.5) is 5.69 Å². The Morgan fingerprint density at radius 3 is 2.71 bits per heavy atom. The number of piperidine rings is 1. The fourth-order valence-electron chi connectivity index (χ4n) is 8.61. The molecule has 6 aliphatic rings. The van der Waals surface area contributed by atoms with E-state index in [1.54, 1.807) is 55.5 Å². The van der Waals surface area contributed by atoms with Crippen LogP contribution in [0.3, 0.4) is 0 Å². The van der Waals surface area contributed by atoms with E-state index in [-0.39, 0.29) is 0 Å². The van der Waals surface area contributed by atoms with Gasteiger partial charge in [-0.1, -0.05) is 65.3 Å². The minimum absolute atomic E-state index is 0.877. The Kier molecular flexibility index (Phi) is 5.14. The largest absolute Gasteiger partial charge is 0.381 e. The van der Waals surface area contributed by atoms with Crippen LogP contribution in [0.2, 0.25) is 13.1 Å². The molecule has 0 aromatic heterocycles. The Bertz CT molecular complexity index is 1470. The van der Waals surface area contributed by atoms with Gasteiger partial charge in [0.1, 0.15) is 12.6 Å². The second-order valence-electron chi connectivity index (χ2n) is 12.6. The van der Waals surface area contributed by atoms with Gasteiger partial charge >= 0.3 is 0 Å². The Hall–Kier alpha value is -2.98. The maximum absolute atomic E-state index is 4.07. The van der Waals surface area contributed by atoms with E-state index in [2.05, 4.69) is 76.6 Å². The molecule has 1 saturated heterocycles. The average molecular weight is 518 g/mol. The quantitative estimate of drug-likeness (QED) is 0.315. The molecule has 0 atom stereocenters. The van der Waals surface area contributed by atoms with Gasteiger partial charge in [0.05, 0.1) is 14.3 Å². The van der Waals surface area contributed by atoms with Gasteiger partial charge in [0.25, 0.3) is 0 Å². The van der Waals surface area contributed by atoms with Gasteiger partial charge in [0, 0.05) is 37.4 Å². The van der Waals surface area contributed by atoms with Crippen LogP contribution >= 0.6 is 0 Å². The highest BCUT2D eigenvalue weighted by Gasteiger charge is 2.45. The summed E-state index contributed by atoms with van der Waals surface area (Å²) < 4.78 is 2.62. The lowest BCUT2D eigenvalue weighted by atomic mass is 9.79. The van der Waals surface area contributed by atoms with Crippen LogP contribution in [-0.2, 0) is 19.4 Å². The number of nitrogens with zero attached hydrogens (tertiary/aromatic N) is 2. The molecule has 2 aromatic rings. The lowest BCUT2D eigenvalue weighted by Crippen LogP contribution is -2.55. The molecule has 5 heterocycles. The summed E-state index contributed by atoms with van der Waals surface area (Å²) in [4.78, 5) is 2.74. The van der Waals surface area contributed by atoms with Crippen molar-refractivity contribution in [2.75, 3.05) is 24.5 Å². The second-order valence-corrected chi connectivity index (χ2v) is 16.9. The van der Waals surface area contributed by atoms with Crippen LogP contribution in [0.15, 0.2) is 64.4 Å². The topological polar surface area (TPSA) is 18.3 Å². The van der Waals surface area contributed by atoms with Gasteiger partial charge in [-0.05, 0) is 73.3 Å². The number of nitrogens with one attached hydrogen (secondary N) is 1. The normalized spacial score (nSPS) is 22.7. The molecule has 5 aliphatic heterocycles. The smallest absolute Gasteiger partial charge is 0.131 e. The minimum atomic E-state index is -1.95. The van der Waals surface area contributed by atoms with Crippen molar-refractivity contribution in [3.63, 3.8) is 0 Å². The van der Waals surface area contributed by atoms with E-state index < -0.39 is 8.07 Å². The predicted octanol–water partition coefficient (Wildman–Crippen LogP) is 5.79. The number of benzene rings is 2. The number of allylic oxidation sites excluding steroid dienone is 3. The first-order valence-electron chi connectivity index (χ1n) is 15.0. The lowest BCUT2D eigenvalue weighted by Gasteiger charge is -2.50. The Labute approximate surface area is 228 Å². The second kappa shape index (κ2) is 8.51. The van der Waals surface area contributed by atoms with E-state index >= 15 is 0 Å². The summed E-state index contributed by atoms with van der Waals surface area (Å²) in [5.74, 6) is 0. The Balaban J connectivity index is 1.40. The zero-order valence-electron chi connectivity index (χ0n) is 23.0. The van der Waals surface area contributed by atoms with Crippen LogP contribution in [-0.4, -0.2) is 38.5 Å². The van der Waals surface area contributed by atoms with E-state index in [0.29, 0.717) is 0 Å². The molecule has 3 nitrogen and oxygen atoms in total. The van der Waals surface area contributed by atoms with Crippen molar-refractivity contribution in [3.8, 4) is 0 Å². The van der Waals surface area contributed by atoms with Crippen LogP contribution in [0, 0.1) is 6.04 Å². The highest BCUT2D eigenvalue weighted by molar-refractivity contribution is 6.98. The summed E-state index contributed by atoms with van der Waals surface area (Å²) in [7, 11) is -1.95. The third kappa shape index (κ3) is 3.25. The number of anilines is 1. The van der Waals surface area contributed by atoms with Crippen LogP contribution in [0.1, 0.15) is 60.8 Å². The molecule has 38 heavy (non-hydrogen) atoms. The Morgan fingerprint density at radius 1 is 1.00 bits per heavy atom. The van der Waals surface area contributed by atoms with Crippen LogP contribution < -0.4 is 15.4 Å². The van der Waals surface area contributed by atoms with Gasteiger partial charge in [-0.25, -0.2) is 0 Å². The van der Waals surface area contributed by atoms with Crippen molar-refractivity contribution in [3.05, 3.63) is 92.7 Å². The molecule has 8 rings (SSSR count). The van der Waals surface area contributed by atoms with E-state index in [0.717, 1.165) is 6.54 Å². The van der Waals surface area contributed by atoms with Crippen molar-refractivity contribution in [1.29, 1.82) is 0 Å². The molecule has 194 valence electrons. The van der Waals surface area contributed by atoms with Gasteiger partial charge in [0.2, 0.25) is 0 Å². The average Bonchev–Trinajstić information content (AvgIpc) is 2.94. The SMILES string of the molecule is C[Si]1(C)C2=C3CCC[N+]4=CCCC(=CC2=C(NCc2ccccc2)c2cc5c6c(c21)CCCN6CCC5)[C-]34. The highest BCUT2D eigenvalue weighted by atomic mass is 28.3. The lowest BCUT2D eigenvalue weighted by molar-refractivity contribution is -0.508. The van der Waals surface area contributed by atoms with Gasteiger partial charge in [-0.3, -0.25) is 4.58 Å². The summed E-state index contributed by atoms with van der Waals surface area (Å²) >= 11 is 0. The molecular weight excluding hydrogens is 478 g/mol. The fourth-order valence-corrected chi connectivity index (χ4v) is 12.6. The van der Waals surface area contributed by atoms with Gasteiger partial charge in [-0.15, -0.1) is 11.3 Å². The van der Waals surface area contributed by atoms with Crippen molar-refractivity contribution in [2.45, 2.75) is 71.0 Å². The van der Waals surface area contributed by atoms with Crippen LogP contribution in [0.5, 0.6) is 0 Å². The molecule has 0 unspecified atom stereocenters. The zero-order valence-corrected chi connectivity index (χ0v) is 24.0. The van der Waals surface area contributed by atoms with Gasteiger partial charge in [-0.2, -0.15) is 0 Å². The molecular formula is C34H39N3Si. The summed E-state index contributed by atoms with van der Waals surface area (Å²) in [6, 6.07) is 15.2. The summed E-state index contributed by atoms with van der Waals surface area (Å²) in [5, 5.41) is 7.56. The minimum Gasteiger partial charge on any atom is -0.381 e. The van der Waals surface area contributed by atoms with Crippen molar-refractivity contribution in [1.82, 2.24) is 5.32 Å². The zero-order chi connectivity index (χ0) is 25.4. The van der Waals surface area contributed by atoms with Crippen molar-refractivity contribution >= 4 is 30.9 Å². The third-order valence-electron chi connectivity index (χ3n) is 9.98. The van der Waals surface area contributed by atoms with Crippen molar-refractivity contribution in [2.24, 2.45) is 0 Å². The third-order valence-corrected chi connectivity index (χ3v) is 13.6. The van der Waals surface area contributed by atoms with Gasteiger partial charge in [0.15, 0.2) is 0 Å². The molecule has 0 saturated carbocycles. The first kappa shape index (κ1) is 23.0. The molecule has 0 bridgehead atoms. The molecule has 4 heteroatoms. The number of fused-ring (bicyclic) bond motifs is 3. The maximum Gasteiger partial charge on any atom is 0.131 e. The first-order chi connectivity index (χ1) is 18.6. The van der Waals surface area contributed by atoms with Crippen LogP contribution in [0.25, 0.3) is 5.70 Å². The number of aryl methyl sites for hydroxylation is 1. The summed E-state index contributed by atoms with van der Waals surface area (Å²) in [6.07, 6.45) is 15.0. The van der Waals surface area contributed by atoms with E-state index in [1.165, 1.54) is 82.3 Å². The first-order valence-corrected chi connectivity index (χ1v) is 18.0. The molecule has 1 fully saturated rings. The standard InChI is InChI=1S/C34H39N3Si/c1-38(2)33-26-14-8-18-36-16-6-12-24(31(26)36)20-28(33)30(35-22-23-10-4-3-5-11-23)29-21-25-13-7-17-37-19-9-15-27(32(25)37)34(29)38/h3-5,10-11,16,20-21,35H,6-9,12-15,17-19,22H2,1-2H3. The fraction of sp³-hybridized carbons (Fsp3) is 0.412. The summed E-state index contributed by atoms with van der Waals surface area (Å²) in [5.41, 5.74) is 14.1. The summed E-state index contributed by atoms with van der Waals surface area (Å²) in [6.45, 7) is 9.90. The predicted molar refractivity (Wildman–Crippen MR) is 161 cm³/mol. The van der Waals surface area contributed by atoms with E-state index in [1.807, 2.05) is 0 Å². The maximum atomic E-state index is 4.07. The monoisotopic (exact) mass is 517 g/mol. The molecule has 0 radical (unpaired) electrons.